The van der Waals surface area contributed by atoms with Crippen LogP contribution in [0.2, 0.25) is 0 Å². The van der Waals surface area contributed by atoms with Gasteiger partial charge in [-0.3, -0.25) is 4.57 Å². The molecule has 1 aliphatic heterocycles. The average Bonchev–Trinajstić information content (AvgIpc) is 3.19. The van der Waals surface area contributed by atoms with Crippen LogP contribution in [0.5, 0.6) is 0 Å². The molecule has 0 bridgehead atoms. The number of aliphatic hydroxyl groups excluding tert-OH is 2. The molecule has 0 radical (unpaired) electrons. The third-order valence-electron chi connectivity index (χ3n) is 3.84. The third-order valence-corrected chi connectivity index (χ3v) is 3.84. The largest absolute Gasteiger partial charge is 0.464 e. The molecule has 0 aliphatic carbocycles. The SMILES string of the molecule is [N-]=[N+]=N[C@]1(CO)O[C@@H](n2cc(-c3ccco3)c(N)nc2=O)[C@@H](F)C1O. The second-order valence-corrected chi connectivity index (χ2v) is 5.30. The van der Waals surface area contributed by atoms with Gasteiger partial charge in [0, 0.05) is 11.1 Å². The Balaban J connectivity index is 2.09. The molecule has 12 heteroatoms. The van der Waals surface area contributed by atoms with Crippen molar-refractivity contribution in [1.29, 1.82) is 0 Å². The molecule has 0 saturated carbocycles. The Kier molecular flexibility index (Phi) is 4.18. The summed E-state index contributed by atoms with van der Waals surface area (Å²) in [4.78, 5) is 18.1. The molecule has 1 fully saturated rings. The van der Waals surface area contributed by atoms with Crippen molar-refractivity contribution in [3.63, 3.8) is 0 Å². The zero-order valence-electron chi connectivity index (χ0n) is 12.6. The van der Waals surface area contributed by atoms with Crippen LogP contribution in [-0.4, -0.2) is 44.4 Å². The Labute approximate surface area is 138 Å². The lowest BCUT2D eigenvalue weighted by Crippen LogP contribution is -2.43. The van der Waals surface area contributed by atoms with E-state index < -0.39 is 36.5 Å². The van der Waals surface area contributed by atoms with Crippen LogP contribution in [0.3, 0.4) is 0 Å². The van der Waals surface area contributed by atoms with E-state index in [0.717, 1.165) is 10.8 Å². The lowest BCUT2D eigenvalue weighted by Gasteiger charge is -2.23. The van der Waals surface area contributed by atoms with Gasteiger partial charge in [0.2, 0.25) is 5.72 Å². The number of nitrogen functional groups attached to an aromatic ring is 1. The van der Waals surface area contributed by atoms with Crippen LogP contribution in [0.15, 0.2) is 38.9 Å². The van der Waals surface area contributed by atoms with E-state index in [2.05, 4.69) is 15.0 Å². The van der Waals surface area contributed by atoms with Crippen LogP contribution in [0.4, 0.5) is 10.2 Å². The van der Waals surface area contributed by atoms with Crippen molar-refractivity contribution in [3.05, 3.63) is 45.5 Å². The van der Waals surface area contributed by atoms with Crippen LogP contribution >= 0.6 is 0 Å². The van der Waals surface area contributed by atoms with Gasteiger partial charge in [-0.05, 0) is 17.7 Å². The standard InChI is InChI=1S/C13H13FN6O5/c14-8-9(22)13(5-21,18-19-16)25-11(8)20-4-6(7-2-1-3-24-7)10(15)17-12(20)23/h1-4,8-9,11,21-22H,5H2,(H2,15,17,23)/t8-,9?,11+,13+/m0/s1. The summed E-state index contributed by atoms with van der Waals surface area (Å²) in [6.07, 6.45) is -3.34. The van der Waals surface area contributed by atoms with E-state index in [4.69, 9.17) is 20.4 Å². The molecule has 2 aromatic heterocycles. The molecule has 3 rings (SSSR count). The molecule has 132 valence electrons. The highest BCUT2D eigenvalue weighted by atomic mass is 19.1. The van der Waals surface area contributed by atoms with Gasteiger partial charge in [0.25, 0.3) is 0 Å². The summed E-state index contributed by atoms with van der Waals surface area (Å²) in [5.74, 6) is 0.129. The summed E-state index contributed by atoms with van der Waals surface area (Å²) in [6.45, 7) is -0.989. The van der Waals surface area contributed by atoms with E-state index in [-0.39, 0.29) is 17.1 Å². The number of nitrogens with two attached hydrogens (primary N) is 1. The number of halogens is 1. The number of hydrogen-bond donors (Lipinski definition) is 3. The van der Waals surface area contributed by atoms with Crippen LogP contribution in [0.1, 0.15) is 6.23 Å². The number of rotatable bonds is 4. The molecule has 2 aromatic rings. The van der Waals surface area contributed by atoms with Crippen LogP contribution < -0.4 is 11.4 Å². The number of furan rings is 1. The van der Waals surface area contributed by atoms with Crippen molar-refractivity contribution in [2.75, 3.05) is 12.3 Å². The Hall–Kier alpha value is -2.92. The Morgan fingerprint density at radius 2 is 2.36 bits per heavy atom. The van der Waals surface area contributed by atoms with Gasteiger partial charge < -0.3 is 25.1 Å². The molecule has 11 nitrogen and oxygen atoms in total. The van der Waals surface area contributed by atoms with Gasteiger partial charge in [0.05, 0.1) is 18.4 Å². The molecule has 1 aliphatic rings. The summed E-state index contributed by atoms with van der Waals surface area (Å²) in [7, 11) is 0. The molecule has 0 amide bonds. The van der Waals surface area contributed by atoms with E-state index in [1.165, 1.54) is 6.26 Å². The molecule has 1 saturated heterocycles. The second kappa shape index (κ2) is 6.18. The maximum atomic E-state index is 14.5. The quantitative estimate of drug-likeness (QED) is 0.403. The van der Waals surface area contributed by atoms with E-state index >= 15 is 0 Å². The fourth-order valence-corrected chi connectivity index (χ4v) is 2.57. The van der Waals surface area contributed by atoms with E-state index in [1.54, 1.807) is 12.1 Å². The lowest BCUT2D eigenvalue weighted by atomic mass is 10.1. The molecule has 1 unspecified atom stereocenters. The number of azide groups is 1. The number of alkyl halides is 1. The fraction of sp³-hybridized carbons (Fsp3) is 0.385. The molecular formula is C13H13FN6O5. The van der Waals surface area contributed by atoms with Gasteiger partial charge in [-0.25, -0.2) is 9.18 Å². The third kappa shape index (κ3) is 2.62. The first-order chi connectivity index (χ1) is 11.9. The first-order valence-electron chi connectivity index (χ1n) is 7.03. The Bertz CT molecular complexity index is 880. The van der Waals surface area contributed by atoms with Crippen molar-refractivity contribution < 1.29 is 23.8 Å². The molecule has 4 atom stereocenters. The molecule has 3 heterocycles. The topological polar surface area (TPSA) is 172 Å². The minimum absolute atomic E-state index is 0.145. The predicted molar refractivity (Wildman–Crippen MR) is 80.6 cm³/mol. The number of nitrogens with zero attached hydrogens (tertiary/aromatic N) is 5. The Morgan fingerprint density at radius 1 is 1.60 bits per heavy atom. The van der Waals surface area contributed by atoms with Crippen molar-refractivity contribution in [1.82, 2.24) is 9.55 Å². The second-order valence-electron chi connectivity index (χ2n) is 5.30. The average molecular weight is 352 g/mol. The highest BCUT2D eigenvalue weighted by molar-refractivity contribution is 5.68. The molecule has 4 N–H and O–H groups in total. The summed E-state index contributed by atoms with van der Waals surface area (Å²) in [6, 6.07) is 3.13. The maximum Gasteiger partial charge on any atom is 0.351 e. The number of aromatic nitrogens is 2. The van der Waals surface area contributed by atoms with Gasteiger partial charge in [-0.15, -0.1) is 0 Å². The summed E-state index contributed by atoms with van der Waals surface area (Å²) < 4.78 is 25.6. The first kappa shape index (κ1) is 16.9. The van der Waals surface area contributed by atoms with Gasteiger partial charge >= 0.3 is 5.69 Å². The predicted octanol–water partition coefficient (Wildman–Crippen LogP) is 0.312. The minimum atomic E-state index is -2.26. The highest BCUT2D eigenvalue weighted by Gasteiger charge is 2.56. The smallest absolute Gasteiger partial charge is 0.351 e. The van der Waals surface area contributed by atoms with Gasteiger partial charge in [-0.1, -0.05) is 5.11 Å². The fourth-order valence-electron chi connectivity index (χ4n) is 2.57. The first-order valence-corrected chi connectivity index (χ1v) is 7.03. The van der Waals surface area contributed by atoms with E-state index in [9.17, 15) is 19.4 Å². The summed E-state index contributed by atoms with van der Waals surface area (Å²) >= 11 is 0. The normalized spacial score (nSPS) is 28.7. The van der Waals surface area contributed by atoms with E-state index in [0.29, 0.717) is 0 Å². The number of hydrogen-bond acceptors (Lipinski definition) is 8. The van der Waals surface area contributed by atoms with Gasteiger partial charge in [-0.2, -0.15) is 4.98 Å². The van der Waals surface area contributed by atoms with Crippen LogP contribution in [0, 0.1) is 0 Å². The minimum Gasteiger partial charge on any atom is -0.464 e. The summed E-state index contributed by atoms with van der Waals surface area (Å²) in [5, 5.41) is 22.5. The zero-order valence-corrected chi connectivity index (χ0v) is 12.6. The highest BCUT2D eigenvalue weighted by Crippen LogP contribution is 2.40. The van der Waals surface area contributed by atoms with Crippen LogP contribution in [0.25, 0.3) is 21.8 Å². The van der Waals surface area contributed by atoms with Crippen LogP contribution in [-0.2, 0) is 4.74 Å². The van der Waals surface area contributed by atoms with Crippen molar-refractivity contribution in [2.45, 2.75) is 24.2 Å². The monoisotopic (exact) mass is 352 g/mol. The maximum absolute atomic E-state index is 14.5. The van der Waals surface area contributed by atoms with Gasteiger partial charge in [0.15, 0.2) is 12.4 Å². The summed E-state index contributed by atoms with van der Waals surface area (Å²) in [5.41, 5.74) is 11.2. The number of anilines is 1. The van der Waals surface area contributed by atoms with Crippen molar-refractivity contribution in [2.24, 2.45) is 5.11 Å². The Morgan fingerprint density at radius 3 is 2.96 bits per heavy atom. The number of aliphatic hydroxyl groups is 2. The zero-order chi connectivity index (χ0) is 18.2. The van der Waals surface area contributed by atoms with Crippen molar-refractivity contribution in [3.8, 4) is 11.3 Å². The molecule has 25 heavy (non-hydrogen) atoms. The van der Waals surface area contributed by atoms with Crippen molar-refractivity contribution >= 4 is 5.82 Å². The molecular weight excluding hydrogens is 339 g/mol. The van der Waals surface area contributed by atoms with E-state index in [1.807, 2.05) is 0 Å². The van der Waals surface area contributed by atoms with Gasteiger partial charge in [0.1, 0.15) is 17.7 Å². The lowest BCUT2D eigenvalue weighted by molar-refractivity contribution is -0.124. The molecule has 0 aromatic carbocycles. The molecule has 0 spiro atoms. The number of ether oxygens (including phenoxy) is 1.